The van der Waals surface area contributed by atoms with Crippen LogP contribution in [0.1, 0.15) is 49.6 Å². The van der Waals surface area contributed by atoms with Crippen LogP contribution in [0.15, 0.2) is 28.8 Å². The predicted molar refractivity (Wildman–Crippen MR) is 124 cm³/mol. The lowest BCUT2D eigenvalue weighted by molar-refractivity contribution is 0.394. The molecule has 0 spiro atoms. The van der Waals surface area contributed by atoms with E-state index in [-0.39, 0.29) is 0 Å². The molecule has 0 radical (unpaired) electrons. The number of hydrogen-bond donors (Lipinski definition) is 2. The maximum Gasteiger partial charge on any atom is 0.258 e. The van der Waals surface area contributed by atoms with Crippen LogP contribution >= 0.6 is 0 Å². The van der Waals surface area contributed by atoms with E-state index in [9.17, 15) is 4.21 Å². The first-order chi connectivity index (χ1) is 15.3. The second-order valence-electron chi connectivity index (χ2n) is 8.10. The summed E-state index contributed by atoms with van der Waals surface area (Å²) < 4.78 is 33.6. The largest absolute Gasteiger partial charge is 0.481 e. The quantitative estimate of drug-likeness (QED) is 0.431. The summed E-state index contributed by atoms with van der Waals surface area (Å²) in [7, 11) is 1.59. The molecule has 3 aromatic rings. The normalized spacial score (nSPS) is 12.3. The van der Waals surface area contributed by atoms with Gasteiger partial charge in [-0.1, -0.05) is 25.9 Å². The number of rotatable bonds is 10. The Balaban J connectivity index is 1.92. The van der Waals surface area contributed by atoms with Gasteiger partial charge in [0.15, 0.2) is 0 Å². The first-order valence-electron chi connectivity index (χ1n) is 10.7. The first-order valence-corrected chi connectivity index (χ1v) is 11.8. The molecule has 0 bridgehead atoms. The maximum atomic E-state index is 11.0. The fraction of sp³-hybridized carbons (Fsp3) is 0.435. The Labute approximate surface area is 191 Å². The molecular weight excluding hydrogens is 428 g/mol. The number of pyridine rings is 1. The van der Waals surface area contributed by atoms with Gasteiger partial charge in [-0.05, 0) is 67.0 Å². The molecule has 1 aromatic carbocycles. The van der Waals surface area contributed by atoms with Gasteiger partial charge in [-0.25, -0.2) is 13.9 Å². The summed E-state index contributed by atoms with van der Waals surface area (Å²) in [5.74, 6) is 1.99. The van der Waals surface area contributed by atoms with Gasteiger partial charge in [0.25, 0.3) is 5.89 Å². The van der Waals surface area contributed by atoms with Crippen molar-refractivity contribution in [1.82, 2.24) is 19.8 Å². The number of methoxy groups -OCH3 is 1. The minimum absolute atomic E-state index is 0.311. The van der Waals surface area contributed by atoms with E-state index < -0.39 is 11.3 Å². The lowest BCUT2D eigenvalue weighted by Gasteiger charge is -2.13. The Morgan fingerprint density at radius 3 is 2.62 bits per heavy atom. The molecule has 8 nitrogen and oxygen atoms in total. The molecule has 1 atom stereocenters. The number of nitrogens with one attached hydrogen (secondary N) is 1. The SMILES string of the molecule is CCc1cc(-c2noc(-c3cc(CCC(C)C)nc(OC)c3)n2)cc(C)c1CNS(=O)O. The molecule has 0 aliphatic heterocycles. The highest BCUT2D eigenvalue weighted by molar-refractivity contribution is 7.77. The van der Waals surface area contributed by atoms with Crippen LogP contribution in [0.5, 0.6) is 5.88 Å². The van der Waals surface area contributed by atoms with Gasteiger partial charge in [-0.15, -0.1) is 0 Å². The van der Waals surface area contributed by atoms with Crippen molar-refractivity contribution in [3.63, 3.8) is 0 Å². The van der Waals surface area contributed by atoms with Gasteiger partial charge in [-0.2, -0.15) is 4.98 Å². The van der Waals surface area contributed by atoms with Crippen LogP contribution in [0.25, 0.3) is 22.8 Å². The third-order valence-electron chi connectivity index (χ3n) is 5.29. The molecule has 0 amide bonds. The average molecular weight is 459 g/mol. The van der Waals surface area contributed by atoms with Crippen LogP contribution in [0, 0.1) is 12.8 Å². The van der Waals surface area contributed by atoms with E-state index in [0.29, 0.717) is 30.1 Å². The molecule has 0 aliphatic rings. The van der Waals surface area contributed by atoms with Crippen LogP contribution in [-0.2, 0) is 30.7 Å². The summed E-state index contributed by atoms with van der Waals surface area (Å²) in [5.41, 5.74) is 5.58. The summed E-state index contributed by atoms with van der Waals surface area (Å²) >= 11 is -2.06. The molecule has 2 N–H and O–H groups in total. The Morgan fingerprint density at radius 2 is 1.97 bits per heavy atom. The van der Waals surface area contributed by atoms with Crippen LogP contribution in [0.2, 0.25) is 0 Å². The third-order valence-corrected chi connectivity index (χ3v) is 5.68. The molecule has 3 rings (SSSR count). The molecule has 9 heteroatoms. The highest BCUT2D eigenvalue weighted by Gasteiger charge is 2.16. The zero-order valence-electron chi connectivity index (χ0n) is 19.1. The summed E-state index contributed by atoms with van der Waals surface area (Å²) in [5, 5.41) is 4.19. The molecule has 0 fully saturated rings. The molecule has 0 saturated heterocycles. The van der Waals surface area contributed by atoms with Crippen molar-refractivity contribution in [2.45, 2.75) is 53.5 Å². The van der Waals surface area contributed by atoms with Crippen molar-refractivity contribution in [1.29, 1.82) is 0 Å². The lowest BCUT2D eigenvalue weighted by atomic mass is 9.96. The zero-order valence-corrected chi connectivity index (χ0v) is 20.0. The second kappa shape index (κ2) is 10.8. The Bertz CT molecular complexity index is 1100. The van der Waals surface area contributed by atoms with Crippen molar-refractivity contribution in [2.75, 3.05) is 7.11 Å². The van der Waals surface area contributed by atoms with Crippen LogP contribution in [0.4, 0.5) is 0 Å². The molecule has 172 valence electrons. The highest BCUT2D eigenvalue weighted by atomic mass is 32.2. The highest BCUT2D eigenvalue weighted by Crippen LogP contribution is 2.28. The number of hydrogen-bond acceptors (Lipinski definition) is 6. The minimum Gasteiger partial charge on any atom is -0.481 e. The predicted octanol–water partition coefficient (Wildman–Crippen LogP) is 4.49. The number of ether oxygens (including phenoxy) is 1. The van der Waals surface area contributed by atoms with Crippen LogP contribution < -0.4 is 9.46 Å². The average Bonchev–Trinajstić information content (AvgIpc) is 3.26. The Kier molecular flexibility index (Phi) is 8.11. The van der Waals surface area contributed by atoms with Crippen molar-refractivity contribution < 1.29 is 18.0 Å². The van der Waals surface area contributed by atoms with Crippen molar-refractivity contribution in [3.05, 3.63) is 46.6 Å². The van der Waals surface area contributed by atoms with E-state index in [1.54, 1.807) is 13.2 Å². The van der Waals surface area contributed by atoms with Crippen molar-refractivity contribution in [2.24, 2.45) is 5.92 Å². The Hall–Kier alpha value is -2.62. The molecule has 1 unspecified atom stereocenters. The number of benzene rings is 1. The Morgan fingerprint density at radius 1 is 1.19 bits per heavy atom. The van der Waals surface area contributed by atoms with Crippen molar-refractivity contribution in [3.8, 4) is 28.7 Å². The fourth-order valence-corrected chi connectivity index (χ4v) is 3.80. The van der Waals surface area contributed by atoms with E-state index in [0.717, 1.165) is 52.8 Å². The van der Waals surface area contributed by atoms with Crippen LogP contribution in [-0.4, -0.2) is 31.0 Å². The summed E-state index contributed by atoms with van der Waals surface area (Å²) in [4.78, 5) is 9.15. The summed E-state index contributed by atoms with van der Waals surface area (Å²) in [6.45, 7) is 8.69. The van der Waals surface area contributed by atoms with Gasteiger partial charge in [0.05, 0.1) is 7.11 Å². The lowest BCUT2D eigenvalue weighted by Crippen LogP contribution is -2.17. The smallest absolute Gasteiger partial charge is 0.258 e. The van der Waals surface area contributed by atoms with Gasteiger partial charge < -0.3 is 9.26 Å². The topological polar surface area (TPSA) is 110 Å². The zero-order chi connectivity index (χ0) is 23.3. The van der Waals surface area contributed by atoms with E-state index in [1.165, 1.54) is 0 Å². The first kappa shape index (κ1) is 24.0. The summed E-state index contributed by atoms with van der Waals surface area (Å²) in [6.07, 6.45) is 2.64. The van der Waals surface area contributed by atoms with Gasteiger partial charge >= 0.3 is 0 Å². The van der Waals surface area contributed by atoms with E-state index in [1.807, 2.05) is 32.0 Å². The minimum atomic E-state index is -2.06. The van der Waals surface area contributed by atoms with E-state index in [4.69, 9.17) is 13.8 Å². The third kappa shape index (κ3) is 5.99. The number of aryl methyl sites for hydroxylation is 3. The monoisotopic (exact) mass is 458 g/mol. The van der Waals surface area contributed by atoms with Gasteiger partial charge in [0.2, 0.25) is 23.0 Å². The molecule has 32 heavy (non-hydrogen) atoms. The second-order valence-corrected chi connectivity index (χ2v) is 8.89. The van der Waals surface area contributed by atoms with Crippen LogP contribution in [0.3, 0.4) is 0 Å². The van der Waals surface area contributed by atoms with Gasteiger partial charge in [-0.3, -0.25) is 4.55 Å². The van der Waals surface area contributed by atoms with Gasteiger partial charge in [0.1, 0.15) is 0 Å². The molecule has 0 aliphatic carbocycles. The molecular formula is C23H30N4O4S. The maximum absolute atomic E-state index is 11.0. The molecule has 0 saturated carbocycles. The van der Waals surface area contributed by atoms with E-state index in [2.05, 4.69) is 33.7 Å². The fourth-order valence-electron chi connectivity index (χ4n) is 3.53. The molecule has 2 heterocycles. The standard InChI is InChI=1S/C23H30N4O4S/c1-6-16-10-17(9-15(4)20(16)13-24-32(28)29)22-26-23(31-27-22)18-11-19(8-7-14(2)3)25-21(12-18)30-5/h9-12,14,24H,6-8,13H2,1-5H3,(H,28,29). The van der Waals surface area contributed by atoms with E-state index >= 15 is 0 Å². The van der Waals surface area contributed by atoms with Gasteiger partial charge in [0, 0.05) is 29.4 Å². The molecule has 2 aromatic heterocycles. The van der Waals surface area contributed by atoms with Crippen molar-refractivity contribution >= 4 is 11.3 Å². The summed E-state index contributed by atoms with van der Waals surface area (Å²) in [6, 6.07) is 7.73. The number of aromatic nitrogens is 3. The number of nitrogens with zero attached hydrogens (tertiary/aromatic N) is 3.